The molecule has 0 aliphatic carbocycles. The topological polar surface area (TPSA) is 50.4 Å². The highest BCUT2D eigenvalue weighted by Crippen LogP contribution is 2.29. The summed E-state index contributed by atoms with van der Waals surface area (Å²) in [5.74, 6) is 0.0942. The van der Waals surface area contributed by atoms with Crippen molar-refractivity contribution in [2.45, 2.75) is 32.7 Å². The van der Waals surface area contributed by atoms with Crippen LogP contribution in [0.2, 0.25) is 0 Å². The van der Waals surface area contributed by atoms with Gasteiger partial charge in [-0.15, -0.1) is 0 Å². The molecule has 1 amide bonds. The van der Waals surface area contributed by atoms with Crippen LogP contribution >= 0.6 is 0 Å². The van der Waals surface area contributed by atoms with Gasteiger partial charge in [0.25, 0.3) is 0 Å². The SMILES string of the molecule is COCCNC(=O)C1NCCCC1(C)C. The number of piperidine rings is 1. The summed E-state index contributed by atoms with van der Waals surface area (Å²) in [6.45, 7) is 6.37. The van der Waals surface area contributed by atoms with Crippen molar-refractivity contribution in [1.82, 2.24) is 10.6 Å². The van der Waals surface area contributed by atoms with Crippen molar-refractivity contribution < 1.29 is 9.53 Å². The van der Waals surface area contributed by atoms with Crippen molar-refractivity contribution in [2.24, 2.45) is 5.41 Å². The van der Waals surface area contributed by atoms with E-state index in [4.69, 9.17) is 4.74 Å². The minimum absolute atomic E-state index is 0.0510. The van der Waals surface area contributed by atoms with E-state index in [9.17, 15) is 4.79 Å². The molecule has 0 aromatic carbocycles. The standard InChI is InChI=1S/C11H22N2O2/c1-11(2)5-4-6-12-9(11)10(14)13-7-8-15-3/h9,12H,4-8H2,1-3H3,(H,13,14). The molecule has 15 heavy (non-hydrogen) atoms. The van der Waals surface area contributed by atoms with Gasteiger partial charge in [-0.2, -0.15) is 0 Å². The molecule has 2 N–H and O–H groups in total. The first-order valence-electron chi connectivity index (χ1n) is 5.58. The molecule has 0 aromatic rings. The number of nitrogens with one attached hydrogen (secondary N) is 2. The Morgan fingerprint density at radius 1 is 1.60 bits per heavy atom. The molecule has 4 nitrogen and oxygen atoms in total. The summed E-state index contributed by atoms with van der Waals surface area (Å²) in [6.07, 6.45) is 2.25. The van der Waals surface area contributed by atoms with Crippen LogP contribution in [0.4, 0.5) is 0 Å². The summed E-state index contributed by atoms with van der Waals surface area (Å²) < 4.78 is 4.90. The molecule has 1 rings (SSSR count). The second-order valence-corrected chi connectivity index (χ2v) is 4.76. The normalized spacial score (nSPS) is 24.9. The van der Waals surface area contributed by atoms with Crippen molar-refractivity contribution in [1.29, 1.82) is 0 Å². The van der Waals surface area contributed by atoms with Crippen LogP contribution in [0.25, 0.3) is 0 Å². The van der Waals surface area contributed by atoms with Gasteiger partial charge in [-0.05, 0) is 24.8 Å². The van der Waals surface area contributed by atoms with Gasteiger partial charge in [-0.25, -0.2) is 0 Å². The van der Waals surface area contributed by atoms with E-state index in [1.165, 1.54) is 0 Å². The Balaban J connectivity index is 2.42. The molecule has 88 valence electrons. The first-order valence-corrected chi connectivity index (χ1v) is 5.58. The van der Waals surface area contributed by atoms with E-state index in [0.717, 1.165) is 19.4 Å². The second kappa shape index (κ2) is 5.47. The van der Waals surface area contributed by atoms with E-state index in [1.807, 2.05) is 0 Å². The summed E-state index contributed by atoms with van der Waals surface area (Å²) in [6, 6.07) is -0.0666. The fourth-order valence-corrected chi connectivity index (χ4v) is 2.04. The van der Waals surface area contributed by atoms with Crippen molar-refractivity contribution >= 4 is 5.91 Å². The molecular weight excluding hydrogens is 192 g/mol. The molecule has 1 saturated heterocycles. The Labute approximate surface area is 91.8 Å². The Bertz CT molecular complexity index is 217. The van der Waals surface area contributed by atoms with Gasteiger partial charge in [0, 0.05) is 13.7 Å². The number of carbonyl (C=O) groups is 1. The smallest absolute Gasteiger partial charge is 0.237 e. The highest BCUT2D eigenvalue weighted by atomic mass is 16.5. The molecule has 0 bridgehead atoms. The van der Waals surface area contributed by atoms with Gasteiger partial charge in [-0.1, -0.05) is 13.8 Å². The number of rotatable bonds is 4. The van der Waals surface area contributed by atoms with E-state index >= 15 is 0 Å². The zero-order chi connectivity index (χ0) is 11.3. The summed E-state index contributed by atoms with van der Waals surface area (Å²) in [5.41, 5.74) is 0.0510. The minimum atomic E-state index is -0.0666. The molecule has 4 heteroatoms. The molecule has 0 aromatic heterocycles. The molecule has 1 heterocycles. The number of amides is 1. The number of hydrogen-bond donors (Lipinski definition) is 2. The molecule has 1 fully saturated rings. The molecule has 0 radical (unpaired) electrons. The van der Waals surface area contributed by atoms with Crippen LogP contribution in [0.15, 0.2) is 0 Å². The van der Waals surface area contributed by atoms with E-state index in [2.05, 4.69) is 24.5 Å². The highest BCUT2D eigenvalue weighted by molar-refractivity contribution is 5.82. The lowest BCUT2D eigenvalue weighted by atomic mass is 9.77. The average molecular weight is 214 g/mol. The number of methoxy groups -OCH3 is 1. The largest absolute Gasteiger partial charge is 0.383 e. The van der Waals surface area contributed by atoms with Crippen molar-refractivity contribution in [3.05, 3.63) is 0 Å². The maximum Gasteiger partial charge on any atom is 0.237 e. The zero-order valence-corrected chi connectivity index (χ0v) is 9.93. The summed E-state index contributed by atoms with van der Waals surface area (Å²) in [4.78, 5) is 11.9. The second-order valence-electron chi connectivity index (χ2n) is 4.76. The van der Waals surface area contributed by atoms with Gasteiger partial charge in [0.1, 0.15) is 0 Å². The predicted octanol–water partition coefficient (Wildman–Crippen LogP) is 0.527. The quantitative estimate of drug-likeness (QED) is 0.671. The van der Waals surface area contributed by atoms with Crippen LogP contribution in [0.1, 0.15) is 26.7 Å². The Hall–Kier alpha value is -0.610. The molecule has 1 atom stereocenters. The lowest BCUT2D eigenvalue weighted by Crippen LogP contribution is -2.55. The van der Waals surface area contributed by atoms with Crippen molar-refractivity contribution in [2.75, 3.05) is 26.8 Å². The first-order chi connectivity index (χ1) is 7.08. The van der Waals surface area contributed by atoms with Crippen LogP contribution in [-0.4, -0.2) is 38.8 Å². The Kier molecular flexibility index (Phi) is 4.54. The van der Waals surface area contributed by atoms with Gasteiger partial charge in [0.05, 0.1) is 12.6 Å². The predicted molar refractivity (Wildman–Crippen MR) is 59.7 cm³/mol. The first kappa shape index (κ1) is 12.5. The van der Waals surface area contributed by atoms with Crippen LogP contribution in [0.5, 0.6) is 0 Å². The molecule has 1 aliphatic heterocycles. The zero-order valence-electron chi connectivity index (χ0n) is 9.93. The molecular formula is C11H22N2O2. The monoisotopic (exact) mass is 214 g/mol. The summed E-state index contributed by atoms with van der Waals surface area (Å²) in [5, 5.41) is 6.17. The summed E-state index contributed by atoms with van der Waals surface area (Å²) in [7, 11) is 1.63. The third-order valence-electron chi connectivity index (χ3n) is 3.00. The van der Waals surface area contributed by atoms with Crippen LogP contribution in [-0.2, 0) is 9.53 Å². The van der Waals surface area contributed by atoms with E-state index in [0.29, 0.717) is 13.2 Å². The lowest BCUT2D eigenvalue weighted by molar-refractivity contribution is -0.126. The van der Waals surface area contributed by atoms with E-state index in [1.54, 1.807) is 7.11 Å². The third kappa shape index (κ3) is 3.47. The van der Waals surface area contributed by atoms with Crippen LogP contribution in [0, 0.1) is 5.41 Å². The van der Waals surface area contributed by atoms with Gasteiger partial charge in [-0.3, -0.25) is 4.79 Å². The minimum Gasteiger partial charge on any atom is -0.383 e. The highest BCUT2D eigenvalue weighted by Gasteiger charge is 2.36. The number of carbonyl (C=O) groups excluding carboxylic acids is 1. The lowest BCUT2D eigenvalue weighted by Gasteiger charge is -2.38. The van der Waals surface area contributed by atoms with Crippen molar-refractivity contribution in [3.63, 3.8) is 0 Å². The van der Waals surface area contributed by atoms with Crippen molar-refractivity contribution in [3.8, 4) is 0 Å². The molecule has 0 spiro atoms. The Morgan fingerprint density at radius 2 is 2.33 bits per heavy atom. The fraction of sp³-hybridized carbons (Fsp3) is 0.909. The fourth-order valence-electron chi connectivity index (χ4n) is 2.04. The van der Waals surface area contributed by atoms with Crippen LogP contribution < -0.4 is 10.6 Å². The molecule has 1 aliphatic rings. The third-order valence-corrected chi connectivity index (χ3v) is 3.00. The average Bonchev–Trinajstić information content (AvgIpc) is 2.17. The van der Waals surface area contributed by atoms with Gasteiger partial charge < -0.3 is 15.4 Å². The Morgan fingerprint density at radius 3 is 2.93 bits per heavy atom. The number of ether oxygens (including phenoxy) is 1. The van der Waals surface area contributed by atoms with Gasteiger partial charge in [0.2, 0.25) is 5.91 Å². The molecule has 1 unspecified atom stereocenters. The maximum atomic E-state index is 11.9. The number of hydrogen-bond acceptors (Lipinski definition) is 3. The van der Waals surface area contributed by atoms with E-state index in [-0.39, 0.29) is 17.4 Å². The molecule has 0 saturated carbocycles. The van der Waals surface area contributed by atoms with Gasteiger partial charge >= 0.3 is 0 Å². The van der Waals surface area contributed by atoms with E-state index < -0.39 is 0 Å². The summed E-state index contributed by atoms with van der Waals surface area (Å²) >= 11 is 0. The maximum absolute atomic E-state index is 11.9. The van der Waals surface area contributed by atoms with Crippen LogP contribution in [0.3, 0.4) is 0 Å². The van der Waals surface area contributed by atoms with Gasteiger partial charge in [0.15, 0.2) is 0 Å².